The van der Waals surface area contributed by atoms with Crippen molar-refractivity contribution in [2.24, 2.45) is 0 Å². The zero-order chi connectivity index (χ0) is 16.0. The summed E-state index contributed by atoms with van der Waals surface area (Å²) in [7, 11) is 0. The van der Waals surface area contributed by atoms with Gasteiger partial charge in [0, 0.05) is 23.8 Å². The standard InChI is InChI=1S/C14H8N2O5S/c1-22-12-6-11(16(20)21)13-9-3-2-8(15(18)19)4-7(9)5-10(13)14(12)17/h2-6H,1H3. The fourth-order valence-electron chi connectivity index (χ4n) is 2.53. The molecule has 2 aliphatic rings. The average molecular weight is 316 g/mol. The highest BCUT2D eigenvalue weighted by molar-refractivity contribution is 8.03. The predicted molar refractivity (Wildman–Crippen MR) is 81.6 cm³/mol. The van der Waals surface area contributed by atoms with Gasteiger partial charge in [-0.2, -0.15) is 0 Å². The Morgan fingerprint density at radius 2 is 1.82 bits per heavy atom. The van der Waals surface area contributed by atoms with Crippen LogP contribution >= 0.6 is 11.8 Å². The molecule has 8 heteroatoms. The summed E-state index contributed by atoms with van der Waals surface area (Å²) in [6.45, 7) is 0. The van der Waals surface area contributed by atoms with Crippen LogP contribution in [0.1, 0.15) is 11.1 Å². The fraction of sp³-hybridized carbons (Fsp3) is 0.0714. The summed E-state index contributed by atoms with van der Waals surface area (Å²) < 4.78 is 0. The molecule has 3 rings (SSSR count). The van der Waals surface area contributed by atoms with Gasteiger partial charge in [-0.15, -0.1) is 11.8 Å². The molecule has 0 unspecified atom stereocenters. The number of allylic oxidation sites excluding steroid dienone is 4. The van der Waals surface area contributed by atoms with E-state index in [9.17, 15) is 25.0 Å². The minimum absolute atomic E-state index is 0.122. The van der Waals surface area contributed by atoms with Gasteiger partial charge in [0.05, 0.1) is 20.3 Å². The molecule has 0 heterocycles. The summed E-state index contributed by atoms with van der Waals surface area (Å²) in [5.74, 6) is -0.299. The third-order valence-electron chi connectivity index (χ3n) is 3.49. The number of thioether (sulfide) groups is 1. The Morgan fingerprint density at radius 1 is 1.09 bits per heavy atom. The van der Waals surface area contributed by atoms with E-state index >= 15 is 0 Å². The van der Waals surface area contributed by atoms with Crippen LogP contribution in [0.25, 0.3) is 11.6 Å². The Hall–Kier alpha value is -2.74. The summed E-state index contributed by atoms with van der Waals surface area (Å²) >= 11 is 1.13. The van der Waals surface area contributed by atoms with Gasteiger partial charge in [0.25, 0.3) is 11.4 Å². The molecule has 2 aliphatic carbocycles. The first-order valence-electron chi connectivity index (χ1n) is 6.14. The molecule has 0 N–H and O–H groups in total. The summed E-state index contributed by atoms with van der Waals surface area (Å²) in [5, 5.41) is 22.1. The van der Waals surface area contributed by atoms with Gasteiger partial charge in [-0.05, 0) is 29.5 Å². The number of carbonyl (C=O) groups is 1. The highest BCUT2D eigenvalue weighted by atomic mass is 32.2. The number of hydrogen-bond acceptors (Lipinski definition) is 6. The highest BCUT2D eigenvalue weighted by Crippen LogP contribution is 2.44. The van der Waals surface area contributed by atoms with Crippen molar-refractivity contribution in [2.45, 2.75) is 0 Å². The number of carbonyl (C=O) groups excluding carboxylic acids is 1. The molecule has 22 heavy (non-hydrogen) atoms. The molecule has 0 atom stereocenters. The van der Waals surface area contributed by atoms with E-state index in [0.29, 0.717) is 11.1 Å². The van der Waals surface area contributed by atoms with Crippen LogP contribution in [0.4, 0.5) is 5.69 Å². The van der Waals surface area contributed by atoms with E-state index in [1.807, 2.05) is 0 Å². The van der Waals surface area contributed by atoms with Crippen molar-refractivity contribution in [3.05, 3.63) is 71.8 Å². The lowest BCUT2D eigenvalue weighted by Gasteiger charge is -2.13. The number of rotatable bonds is 3. The summed E-state index contributed by atoms with van der Waals surface area (Å²) in [6, 6.07) is 4.04. The molecule has 0 spiro atoms. The third-order valence-corrected chi connectivity index (χ3v) is 4.24. The molecular formula is C14H8N2O5S. The lowest BCUT2D eigenvalue weighted by Crippen LogP contribution is -2.14. The molecule has 0 radical (unpaired) electrons. The van der Waals surface area contributed by atoms with Gasteiger partial charge >= 0.3 is 0 Å². The van der Waals surface area contributed by atoms with Crippen molar-refractivity contribution < 1.29 is 14.6 Å². The molecule has 110 valence electrons. The van der Waals surface area contributed by atoms with Crippen LogP contribution in [0.3, 0.4) is 0 Å². The number of ketones is 1. The van der Waals surface area contributed by atoms with Crippen LogP contribution in [0, 0.1) is 20.2 Å². The first-order valence-corrected chi connectivity index (χ1v) is 7.36. The fourth-order valence-corrected chi connectivity index (χ4v) is 3.05. The second kappa shape index (κ2) is 4.92. The number of nitro benzene ring substituents is 1. The minimum atomic E-state index is -0.545. The largest absolute Gasteiger partial charge is 0.288 e. The van der Waals surface area contributed by atoms with E-state index in [1.54, 1.807) is 6.26 Å². The molecular weight excluding hydrogens is 308 g/mol. The van der Waals surface area contributed by atoms with Crippen LogP contribution < -0.4 is 0 Å². The SMILES string of the molecule is CSC1=CC([N+](=O)[O-])=C2C(=Cc3cc([N+](=O)[O-])ccc32)C1=O. The first-order chi connectivity index (χ1) is 10.4. The number of fused-ring (bicyclic) bond motifs is 3. The van der Waals surface area contributed by atoms with E-state index in [1.165, 1.54) is 30.4 Å². The van der Waals surface area contributed by atoms with Crippen LogP contribution in [0.2, 0.25) is 0 Å². The topological polar surface area (TPSA) is 103 Å². The van der Waals surface area contributed by atoms with Gasteiger partial charge < -0.3 is 0 Å². The van der Waals surface area contributed by atoms with Crippen molar-refractivity contribution in [1.82, 2.24) is 0 Å². The van der Waals surface area contributed by atoms with Crippen molar-refractivity contribution in [2.75, 3.05) is 6.26 Å². The maximum Gasteiger partial charge on any atom is 0.279 e. The van der Waals surface area contributed by atoms with E-state index in [0.717, 1.165) is 11.8 Å². The third kappa shape index (κ3) is 1.96. The predicted octanol–water partition coefficient (Wildman–Crippen LogP) is 2.81. The molecule has 0 amide bonds. The number of Topliss-reactive ketones (excluding diaryl/α,β-unsaturated/α-hetero) is 1. The smallest absolute Gasteiger partial charge is 0.279 e. The first kappa shape index (κ1) is 14.2. The number of nitrogens with zero attached hydrogens (tertiary/aromatic N) is 2. The second-order valence-corrected chi connectivity index (χ2v) is 5.49. The van der Waals surface area contributed by atoms with E-state index in [-0.39, 0.29) is 33.2 Å². The Morgan fingerprint density at radius 3 is 2.41 bits per heavy atom. The number of non-ortho nitro benzene ring substituents is 1. The quantitative estimate of drug-likeness (QED) is 0.627. The minimum Gasteiger partial charge on any atom is -0.288 e. The van der Waals surface area contributed by atoms with E-state index < -0.39 is 9.85 Å². The molecule has 1 aromatic carbocycles. The van der Waals surface area contributed by atoms with Crippen LogP contribution in [-0.4, -0.2) is 21.9 Å². The Balaban J connectivity index is 2.28. The van der Waals surface area contributed by atoms with Gasteiger partial charge in [0.1, 0.15) is 0 Å². The van der Waals surface area contributed by atoms with Crippen LogP contribution in [0.5, 0.6) is 0 Å². The van der Waals surface area contributed by atoms with E-state index in [4.69, 9.17) is 0 Å². The number of benzene rings is 1. The van der Waals surface area contributed by atoms with Crippen molar-refractivity contribution >= 4 is 34.9 Å². The van der Waals surface area contributed by atoms with E-state index in [2.05, 4.69) is 0 Å². The van der Waals surface area contributed by atoms with Crippen molar-refractivity contribution in [3.8, 4) is 0 Å². The molecule has 0 aromatic heterocycles. The lowest BCUT2D eigenvalue weighted by atomic mass is 9.93. The summed E-state index contributed by atoms with van der Waals surface area (Å²) in [6.07, 6.45) is 4.41. The van der Waals surface area contributed by atoms with Crippen molar-refractivity contribution in [3.63, 3.8) is 0 Å². The average Bonchev–Trinajstić information content (AvgIpc) is 2.86. The Kier molecular flexibility index (Phi) is 3.18. The molecule has 1 aromatic rings. The number of nitro groups is 2. The van der Waals surface area contributed by atoms with Gasteiger partial charge in [-0.3, -0.25) is 25.0 Å². The molecule has 0 bridgehead atoms. The summed E-state index contributed by atoms with van der Waals surface area (Å²) in [4.78, 5) is 33.7. The second-order valence-electron chi connectivity index (χ2n) is 4.65. The van der Waals surface area contributed by atoms with Crippen molar-refractivity contribution in [1.29, 1.82) is 0 Å². The molecule has 0 saturated heterocycles. The molecule has 0 fully saturated rings. The highest BCUT2D eigenvalue weighted by Gasteiger charge is 2.37. The molecule has 0 aliphatic heterocycles. The molecule has 7 nitrogen and oxygen atoms in total. The Bertz CT molecular complexity index is 851. The van der Waals surface area contributed by atoms with Gasteiger partial charge in [0.15, 0.2) is 5.78 Å². The zero-order valence-electron chi connectivity index (χ0n) is 11.2. The Labute approximate surface area is 128 Å². The lowest BCUT2D eigenvalue weighted by molar-refractivity contribution is -0.418. The van der Waals surface area contributed by atoms with Gasteiger partial charge in [-0.1, -0.05) is 0 Å². The normalized spacial score (nSPS) is 16.0. The van der Waals surface area contributed by atoms with Crippen LogP contribution in [0.15, 0.2) is 40.5 Å². The van der Waals surface area contributed by atoms with Gasteiger partial charge in [-0.25, -0.2) is 0 Å². The van der Waals surface area contributed by atoms with Crippen LogP contribution in [-0.2, 0) is 4.79 Å². The van der Waals surface area contributed by atoms with Gasteiger partial charge in [0.2, 0.25) is 0 Å². The zero-order valence-corrected chi connectivity index (χ0v) is 12.0. The number of hydrogen-bond donors (Lipinski definition) is 0. The maximum atomic E-state index is 12.3. The summed E-state index contributed by atoms with van der Waals surface area (Å²) in [5.41, 5.74) is 1.08. The molecule has 0 saturated carbocycles. The maximum absolute atomic E-state index is 12.3. The monoisotopic (exact) mass is 316 g/mol.